The third-order valence-electron chi connectivity index (χ3n) is 3.06. The predicted molar refractivity (Wildman–Crippen MR) is 80.5 cm³/mol. The van der Waals surface area contributed by atoms with E-state index in [0.29, 0.717) is 6.07 Å². The first-order valence-electron chi connectivity index (χ1n) is 6.29. The summed E-state index contributed by atoms with van der Waals surface area (Å²) in [5, 5.41) is 11.8. The summed E-state index contributed by atoms with van der Waals surface area (Å²) in [6.07, 6.45) is -4.71. The van der Waals surface area contributed by atoms with Gasteiger partial charge in [-0.05, 0) is 19.1 Å². The molecule has 124 valence electrons. The SMILES string of the molecule is C[C@](O)(CBr)C(=O)Nc1ccc2c(C(F)(F)F)cc(=O)oc2c1. The Morgan fingerprint density at radius 2 is 2.00 bits per heavy atom. The predicted octanol–water partition coefficient (Wildman–Crippen LogP) is 2.90. The van der Waals surface area contributed by atoms with Crippen LogP contribution in [0, 0.1) is 0 Å². The number of hydrogen-bond donors (Lipinski definition) is 2. The van der Waals surface area contributed by atoms with Gasteiger partial charge < -0.3 is 14.8 Å². The first-order valence-corrected chi connectivity index (χ1v) is 7.41. The van der Waals surface area contributed by atoms with E-state index in [9.17, 15) is 27.9 Å². The summed E-state index contributed by atoms with van der Waals surface area (Å²) in [5.74, 6) is -0.761. The van der Waals surface area contributed by atoms with Gasteiger partial charge in [-0.25, -0.2) is 4.79 Å². The molecule has 2 aromatic rings. The summed E-state index contributed by atoms with van der Waals surface area (Å²) < 4.78 is 43.5. The van der Waals surface area contributed by atoms with E-state index in [0.717, 1.165) is 12.1 Å². The lowest BCUT2D eigenvalue weighted by Gasteiger charge is -2.19. The number of alkyl halides is 4. The molecular weight excluding hydrogens is 383 g/mol. The maximum absolute atomic E-state index is 12.9. The van der Waals surface area contributed by atoms with E-state index >= 15 is 0 Å². The Balaban J connectivity index is 2.48. The topological polar surface area (TPSA) is 79.5 Å². The number of aliphatic hydroxyl groups is 1. The van der Waals surface area contributed by atoms with Gasteiger partial charge in [0.1, 0.15) is 11.2 Å². The largest absolute Gasteiger partial charge is 0.423 e. The van der Waals surface area contributed by atoms with Crippen molar-refractivity contribution in [2.75, 3.05) is 10.6 Å². The van der Waals surface area contributed by atoms with E-state index in [1.54, 1.807) is 0 Å². The van der Waals surface area contributed by atoms with Crippen LogP contribution in [-0.4, -0.2) is 21.9 Å². The first-order chi connectivity index (χ1) is 10.5. The molecular formula is C14H11BrF3NO4. The van der Waals surface area contributed by atoms with Crippen molar-refractivity contribution in [2.24, 2.45) is 0 Å². The van der Waals surface area contributed by atoms with E-state index in [2.05, 4.69) is 21.2 Å². The minimum atomic E-state index is -4.71. The number of benzene rings is 1. The Morgan fingerprint density at radius 3 is 2.57 bits per heavy atom. The average Bonchev–Trinajstić information content (AvgIpc) is 2.44. The summed E-state index contributed by atoms with van der Waals surface area (Å²) in [6, 6.07) is 3.77. The highest BCUT2D eigenvalue weighted by Crippen LogP contribution is 2.34. The van der Waals surface area contributed by atoms with Crippen molar-refractivity contribution in [1.29, 1.82) is 0 Å². The van der Waals surface area contributed by atoms with Crippen molar-refractivity contribution in [3.63, 3.8) is 0 Å². The fourth-order valence-corrected chi connectivity index (χ4v) is 2.06. The summed E-state index contributed by atoms with van der Waals surface area (Å²) in [4.78, 5) is 23.1. The first kappa shape index (κ1) is 17.5. The van der Waals surface area contributed by atoms with Crippen molar-refractivity contribution < 1.29 is 27.5 Å². The Labute approximate surface area is 136 Å². The van der Waals surface area contributed by atoms with Crippen LogP contribution in [0.25, 0.3) is 11.0 Å². The second-order valence-corrected chi connectivity index (χ2v) is 5.61. The average molecular weight is 394 g/mol. The molecule has 9 heteroatoms. The van der Waals surface area contributed by atoms with E-state index in [-0.39, 0.29) is 22.0 Å². The molecule has 2 N–H and O–H groups in total. The van der Waals surface area contributed by atoms with Crippen molar-refractivity contribution in [1.82, 2.24) is 0 Å². The van der Waals surface area contributed by atoms with Gasteiger partial charge in [0, 0.05) is 28.5 Å². The number of fused-ring (bicyclic) bond motifs is 1. The number of amides is 1. The molecule has 0 aliphatic rings. The quantitative estimate of drug-likeness (QED) is 0.620. The van der Waals surface area contributed by atoms with Gasteiger partial charge in [0.2, 0.25) is 0 Å². The molecule has 2 rings (SSSR count). The van der Waals surface area contributed by atoms with Gasteiger partial charge in [-0.3, -0.25) is 4.79 Å². The zero-order chi connectivity index (χ0) is 17.4. The minimum Gasteiger partial charge on any atom is -0.423 e. The van der Waals surface area contributed by atoms with E-state index in [4.69, 9.17) is 4.42 Å². The molecule has 0 radical (unpaired) electrons. The molecule has 0 saturated carbocycles. The standard InChI is InChI=1S/C14H11BrF3NO4/c1-13(22,6-15)12(21)19-7-2-3-8-9(14(16,17)18)5-11(20)23-10(8)4-7/h2-5,22H,6H2,1H3,(H,19,21)/t13-/m0/s1. The molecule has 1 heterocycles. The molecule has 1 aromatic heterocycles. The van der Waals surface area contributed by atoms with Gasteiger partial charge in [0.15, 0.2) is 0 Å². The molecule has 0 bridgehead atoms. The van der Waals surface area contributed by atoms with Crippen LogP contribution in [0.2, 0.25) is 0 Å². The zero-order valence-corrected chi connectivity index (χ0v) is 13.3. The van der Waals surface area contributed by atoms with Crippen LogP contribution < -0.4 is 10.9 Å². The lowest BCUT2D eigenvalue weighted by Crippen LogP contribution is -2.41. The Hall–Kier alpha value is -1.87. The second kappa shape index (κ2) is 5.97. The Kier molecular flexibility index (Phi) is 4.54. The molecule has 0 saturated heterocycles. The molecule has 1 atom stereocenters. The molecule has 1 aromatic carbocycles. The lowest BCUT2D eigenvalue weighted by atomic mass is 10.1. The highest BCUT2D eigenvalue weighted by molar-refractivity contribution is 9.09. The summed E-state index contributed by atoms with van der Waals surface area (Å²) in [5.41, 5.74) is -4.20. The Bertz CT molecular complexity index is 814. The maximum atomic E-state index is 12.9. The molecule has 0 fully saturated rings. The number of carbonyl (C=O) groups is 1. The number of rotatable bonds is 3. The van der Waals surface area contributed by atoms with Gasteiger partial charge in [-0.2, -0.15) is 13.2 Å². The maximum Gasteiger partial charge on any atom is 0.417 e. The van der Waals surface area contributed by atoms with Gasteiger partial charge in [-0.15, -0.1) is 0 Å². The molecule has 23 heavy (non-hydrogen) atoms. The van der Waals surface area contributed by atoms with Crippen molar-refractivity contribution >= 4 is 38.5 Å². The number of carbonyl (C=O) groups excluding carboxylic acids is 1. The second-order valence-electron chi connectivity index (χ2n) is 5.05. The van der Waals surface area contributed by atoms with Gasteiger partial charge in [-0.1, -0.05) is 15.9 Å². The van der Waals surface area contributed by atoms with Crippen LogP contribution in [0.1, 0.15) is 12.5 Å². The summed E-state index contributed by atoms with van der Waals surface area (Å²) >= 11 is 2.97. The highest BCUT2D eigenvalue weighted by Gasteiger charge is 2.34. The van der Waals surface area contributed by atoms with Crippen molar-refractivity contribution in [3.8, 4) is 0 Å². The number of halogens is 4. The van der Waals surface area contributed by atoms with Crippen LogP contribution >= 0.6 is 15.9 Å². The van der Waals surface area contributed by atoms with Gasteiger partial charge in [0.05, 0.1) is 5.56 Å². The van der Waals surface area contributed by atoms with Crippen LogP contribution in [0.3, 0.4) is 0 Å². The Morgan fingerprint density at radius 1 is 1.35 bits per heavy atom. The van der Waals surface area contributed by atoms with Crippen LogP contribution in [-0.2, 0) is 11.0 Å². The van der Waals surface area contributed by atoms with Gasteiger partial charge >= 0.3 is 11.8 Å². The van der Waals surface area contributed by atoms with E-state index in [1.165, 1.54) is 13.0 Å². The minimum absolute atomic E-state index is 0.0350. The van der Waals surface area contributed by atoms with E-state index in [1.807, 2.05) is 0 Å². The van der Waals surface area contributed by atoms with Gasteiger partial charge in [0.25, 0.3) is 5.91 Å². The number of anilines is 1. The van der Waals surface area contributed by atoms with Crippen LogP contribution in [0.4, 0.5) is 18.9 Å². The fourth-order valence-electron chi connectivity index (χ4n) is 1.80. The third-order valence-corrected chi connectivity index (χ3v) is 4.15. The number of nitrogens with one attached hydrogen (secondary N) is 1. The summed E-state index contributed by atoms with van der Waals surface area (Å²) in [7, 11) is 0. The molecule has 5 nitrogen and oxygen atoms in total. The molecule has 0 aliphatic carbocycles. The molecule has 0 aliphatic heterocycles. The zero-order valence-electron chi connectivity index (χ0n) is 11.7. The van der Waals surface area contributed by atoms with Crippen LogP contribution in [0.5, 0.6) is 0 Å². The van der Waals surface area contributed by atoms with Crippen molar-refractivity contribution in [2.45, 2.75) is 18.7 Å². The van der Waals surface area contributed by atoms with E-state index < -0.39 is 28.9 Å². The molecule has 0 unspecified atom stereocenters. The third kappa shape index (κ3) is 3.73. The molecule has 0 spiro atoms. The normalized spacial score (nSPS) is 14.5. The highest BCUT2D eigenvalue weighted by atomic mass is 79.9. The van der Waals surface area contributed by atoms with Crippen LogP contribution in [0.15, 0.2) is 33.5 Å². The smallest absolute Gasteiger partial charge is 0.417 e. The number of hydrogen-bond acceptors (Lipinski definition) is 4. The molecule has 1 amide bonds. The van der Waals surface area contributed by atoms with Crippen molar-refractivity contribution in [3.05, 3.63) is 40.2 Å². The lowest BCUT2D eigenvalue weighted by molar-refractivity contribution is -0.136. The summed E-state index contributed by atoms with van der Waals surface area (Å²) in [6.45, 7) is 1.26. The monoisotopic (exact) mass is 393 g/mol. The fraction of sp³-hybridized carbons (Fsp3) is 0.286.